The maximum atomic E-state index is 12.9. The van der Waals surface area contributed by atoms with Crippen LogP contribution in [0.4, 0.5) is 0 Å². The normalized spacial score (nSPS) is 16.3. The molecule has 6 nitrogen and oxygen atoms in total. The number of fused-ring (bicyclic) bond motifs is 1. The predicted octanol–water partition coefficient (Wildman–Crippen LogP) is 4.33. The van der Waals surface area contributed by atoms with Crippen LogP contribution in [0.5, 0.6) is 0 Å². The molecule has 1 aromatic heterocycles. The van der Waals surface area contributed by atoms with Gasteiger partial charge in [-0.3, -0.25) is 4.79 Å². The summed E-state index contributed by atoms with van der Waals surface area (Å²) in [6.07, 6.45) is 2.65. The molecule has 0 aliphatic carbocycles. The van der Waals surface area contributed by atoms with Gasteiger partial charge in [0.15, 0.2) is 9.84 Å². The number of nitrogens with zero attached hydrogens (tertiary/aromatic N) is 3. The quantitative estimate of drug-likeness (QED) is 0.504. The van der Waals surface area contributed by atoms with Gasteiger partial charge in [0, 0.05) is 49.0 Å². The molecule has 2 aromatic carbocycles. The molecule has 0 N–H and O–H groups in total. The molecule has 1 atom stereocenters. The van der Waals surface area contributed by atoms with E-state index >= 15 is 0 Å². The highest BCUT2D eigenvalue weighted by Crippen LogP contribution is 2.26. The fraction of sp³-hybridized carbons (Fsp3) is 0.444. The van der Waals surface area contributed by atoms with Crippen LogP contribution < -0.4 is 0 Å². The third-order valence-electron chi connectivity index (χ3n) is 7.02. The monoisotopic (exact) mass is 481 g/mol. The molecule has 7 heteroatoms. The van der Waals surface area contributed by atoms with E-state index in [0.29, 0.717) is 6.42 Å². The minimum atomic E-state index is -3.02. The van der Waals surface area contributed by atoms with Gasteiger partial charge < -0.3 is 14.4 Å². The highest BCUT2D eigenvalue weighted by atomic mass is 32.2. The van der Waals surface area contributed by atoms with Crippen LogP contribution in [-0.4, -0.2) is 72.9 Å². The first-order chi connectivity index (χ1) is 16.2. The van der Waals surface area contributed by atoms with Gasteiger partial charge in [0.05, 0.1) is 16.5 Å². The molecule has 34 heavy (non-hydrogen) atoms. The van der Waals surface area contributed by atoms with Gasteiger partial charge >= 0.3 is 0 Å². The predicted molar refractivity (Wildman–Crippen MR) is 139 cm³/mol. The summed E-state index contributed by atoms with van der Waals surface area (Å²) in [5.74, 6) is 0.484. The molecule has 4 rings (SSSR count). The molecule has 0 unspecified atom stereocenters. The lowest BCUT2D eigenvalue weighted by Gasteiger charge is -2.32. The topological polar surface area (TPSA) is 62.6 Å². The van der Waals surface area contributed by atoms with E-state index < -0.39 is 9.84 Å². The lowest BCUT2D eigenvalue weighted by molar-refractivity contribution is 0.0664. The molecule has 0 radical (unpaired) electrons. The van der Waals surface area contributed by atoms with Crippen LogP contribution in [0.25, 0.3) is 16.6 Å². The zero-order chi connectivity index (χ0) is 24.5. The minimum absolute atomic E-state index is 0.0978. The first-order valence-electron chi connectivity index (χ1n) is 12.1. The Morgan fingerprint density at radius 3 is 2.26 bits per heavy atom. The molecule has 2 heterocycles. The molecule has 3 aromatic rings. The second-order valence-corrected chi connectivity index (χ2v) is 12.4. The maximum absolute atomic E-state index is 12.9. The van der Waals surface area contributed by atoms with Gasteiger partial charge in [-0.25, -0.2) is 8.42 Å². The van der Waals surface area contributed by atoms with Crippen molar-refractivity contribution in [1.29, 1.82) is 0 Å². The highest BCUT2D eigenvalue weighted by Gasteiger charge is 2.21. The second kappa shape index (κ2) is 9.92. The minimum Gasteiger partial charge on any atom is -0.336 e. The zero-order valence-electron chi connectivity index (χ0n) is 20.6. The lowest BCUT2D eigenvalue weighted by atomic mass is 9.98. The molecule has 1 fully saturated rings. The maximum Gasteiger partial charge on any atom is 0.253 e. The molecule has 1 aliphatic rings. The van der Waals surface area contributed by atoms with Crippen molar-refractivity contribution in [2.75, 3.05) is 39.0 Å². The first-order valence-corrected chi connectivity index (χ1v) is 13.8. The largest absolute Gasteiger partial charge is 0.336 e. The Balaban J connectivity index is 1.48. The number of hydrogen-bond acceptors (Lipinski definition) is 4. The summed E-state index contributed by atoms with van der Waals surface area (Å²) in [6, 6.07) is 16.3. The van der Waals surface area contributed by atoms with E-state index in [1.165, 1.54) is 0 Å². The fourth-order valence-corrected chi connectivity index (χ4v) is 5.55. The number of benzene rings is 2. The Kier molecular flexibility index (Phi) is 7.14. The molecular weight excluding hydrogens is 446 g/mol. The van der Waals surface area contributed by atoms with Crippen molar-refractivity contribution in [2.24, 2.45) is 0 Å². The molecule has 1 aliphatic heterocycles. The molecule has 1 amide bonds. The van der Waals surface area contributed by atoms with Crippen molar-refractivity contribution in [3.8, 4) is 5.69 Å². The van der Waals surface area contributed by atoms with Crippen molar-refractivity contribution in [2.45, 2.75) is 38.4 Å². The van der Waals surface area contributed by atoms with Gasteiger partial charge in [0.25, 0.3) is 5.91 Å². The molecule has 0 spiro atoms. The number of rotatable bonds is 7. The summed E-state index contributed by atoms with van der Waals surface area (Å²) in [5, 5.41) is 0.706. The van der Waals surface area contributed by atoms with Crippen molar-refractivity contribution in [1.82, 2.24) is 14.4 Å². The van der Waals surface area contributed by atoms with E-state index in [1.54, 1.807) is 13.8 Å². The summed E-state index contributed by atoms with van der Waals surface area (Å²) >= 11 is 0. The Morgan fingerprint density at radius 2 is 1.62 bits per heavy atom. The molecule has 0 saturated carbocycles. The number of likely N-dealkylation sites (N-methyl/N-ethyl adjacent to an activating group) is 1. The number of sulfone groups is 1. The number of carbonyl (C=O) groups excluding carboxylic acids is 1. The molecule has 182 valence electrons. The van der Waals surface area contributed by atoms with Crippen LogP contribution in [0.15, 0.2) is 54.7 Å². The van der Waals surface area contributed by atoms with Crippen molar-refractivity contribution < 1.29 is 13.2 Å². The molecule has 0 bridgehead atoms. The van der Waals surface area contributed by atoms with Crippen LogP contribution in [0, 0.1) is 0 Å². The van der Waals surface area contributed by atoms with Gasteiger partial charge in [0.2, 0.25) is 0 Å². The van der Waals surface area contributed by atoms with Crippen LogP contribution in [-0.2, 0) is 9.84 Å². The van der Waals surface area contributed by atoms with E-state index in [9.17, 15) is 13.2 Å². The summed E-state index contributed by atoms with van der Waals surface area (Å²) in [4.78, 5) is 17.1. The van der Waals surface area contributed by atoms with Crippen LogP contribution in [0.1, 0.15) is 49.0 Å². The standard InChI is InChI=1S/C27H35N3O3S/c1-20(2)34(32,33)18-12-21(3)22-5-8-25(9-6-22)30-13-11-23-19-24(7-10-26(23)30)27(31)29-16-14-28(4)15-17-29/h5-11,13,19-21H,12,14-18H2,1-4H3/t21-/m0/s1. The number of aromatic nitrogens is 1. The third kappa shape index (κ3) is 5.20. The lowest BCUT2D eigenvalue weighted by Crippen LogP contribution is -2.47. The first kappa shape index (κ1) is 24.5. The second-order valence-electron chi connectivity index (χ2n) is 9.75. The number of piperazine rings is 1. The Labute approximate surface area is 203 Å². The van der Waals surface area contributed by atoms with Crippen molar-refractivity contribution in [3.05, 3.63) is 65.9 Å². The number of carbonyl (C=O) groups is 1. The summed E-state index contributed by atoms with van der Waals surface area (Å²) in [5.41, 5.74) is 3.97. The molecular formula is C27H35N3O3S. The van der Waals surface area contributed by atoms with E-state index in [2.05, 4.69) is 47.7 Å². The number of amides is 1. The van der Waals surface area contributed by atoms with Gasteiger partial charge in [-0.1, -0.05) is 19.1 Å². The summed E-state index contributed by atoms with van der Waals surface area (Å²) in [6.45, 7) is 8.90. The molecule has 1 saturated heterocycles. The van der Waals surface area contributed by atoms with E-state index in [-0.39, 0.29) is 22.8 Å². The summed E-state index contributed by atoms with van der Waals surface area (Å²) in [7, 11) is -0.938. The average Bonchev–Trinajstić information content (AvgIpc) is 3.26. The van der Waals surface area contributed by atoms with E-state index in [0.717, 1.165) is 53.9 Å². The Bertz CT molecular complexity index is 1250. The van der Waals surface area contributed by atoms with Crippen LogP contribution >= 0.6 is 0 Å². The average molecular weight is 482 g/mol. The van der Waals surface area contributed by atoms with Gasteiger partial charge in [-0.2, -0.15) is 0 Å². The van der Waals surface area contributed by atoms with E-state index in [1.807, 2.05) is 35.4 Å². The Morgan fingerprint density at radius 1 is 0.941 bits per heavy atom. The highest BCUT2D eigenvalue weighted by molar-refractivity contribution is 7.91. The fourth-order valence-electron chi connectivity index (χ4n) is 4.40. The SMILES string of the molecule is CC(C)S(=O)(=O)CC[C@H](C)c1ccc(-n2ccc3cc(C(=O)N4CCN(C)CC4)ccc32)cc1. The van der Waals surface area contributed by atoms with E-state index in [4.69, 9.17) is 0 Å². The summed E-state index contributed by atoms with van der Waals surface area (Å²) < 4.78 is 26.4. The van der Waals surface area contributed by atoms with Crippen molar-refractivity contribution >= 4 is 26.6 Å². The van der Waals surface area contributed by atoms with Gasteiger partial charge in [0.1, 0.15) is 0 Å². The van der Waals surface area contributed by atoms with Crippen molar-refractivity contribution in [3.63, 3.8) is 0 Å². The smallest absolute Gasteiger partial charge is 0.253 e. The van der Waals surface area contributed by atoms with Gasteiger partial charge in [-0.05, 0) is 75.2 Å². The van der Waals surface area contributed by atoms with Gasteiger partial charge in [-0.15, -0.1) is 0 Å². The Hall–Kier alpha value is -2.64. The third-order valence-corrected chi connectivity index (χ3v) is 9.26. The number of hydrogen-bond donors (Lipinski definition) is 0. The van der Waals surface area contributed by atoms with Crippen LogP contribution in [0.3, 0.4) is 0 Å². The zero-order valence-corrected chi connectivity index (χ0v) is 21.4. The van der Waals surface area contributed by atoms with Crippen LogP contribution in [0.2, 0.25) is 0 Å².